The van der Waals surface area contributed by atoms with Gasteiger partial charge >= 0.3 is 0 Å². The Morgan fingerprint density at radius 3 is 2.56 bits per heavy atom. The summed E-state index contributed by atoms with van der Waals surface area (Å²) < 4.78 is 13.6. The highest BCUT2D eigenvalue weighted by atomic mass is 32.1. The van der Waals surface area contributed by atoms with Crippen LogP contribution in [0.1, 0.15) is 60.8 Å². The largest absolute Gasteiger partial charge is 0.508 e. The van der Waals surface area contributed by atoms with E-state index in [2.05, 4.69) is 31.2 Å². The second-order valence-corrected chi connectivity index (χ2v) is 10.1. The molecule has 1 aliphatic carbocycles. The summed E-state index contributed by atoms with van der Waals surface area (Å²) in [5.41, 5.74) is 4.09. The van der Waals surface area contributed by atoms with Crippen LogP contribution in [0.15, 0.2) is 47.3 Å². The van der Waals surface area contributed by atoms with Crippen molar-refractivity contribution < 1.29 is 14.6 Å². The van der Waals surface area contributed by atoms with Crippen LogP contribution in [0.2, 0.25) is 0 Å². The molecule has 0 amide bonds. The molecule has 1 fully saturated rings. The van der Waals surface area contributed by atoms with Crippen LogP contribution in [0.4, 0.5) is 0 Å². The summed E-state index contributed by atoms with van der Waals surface area (Å²) in [6.45, 7) is 2.12. The summed E-state index contributed by atoms with van der Waals surface area (Å²) >= 11 is 10.5. The van der Waals surface area contributed by atoms with Crippen LogP contribution in [0.25, 0.3) is 10.9 Å². The van der Waals surface area contributed by atoms with Crippen molar-refractivity contribution in [2.24, 2.45) is 7.05 Å². The van der Waals surface area contributed by atoms with Gasteiger partial charge in [0, 0.05) is 24.4 Å². The number of pyridine rings is 1. The van der Waals surface area contributed by atoms with Crippen LogP contribution in [-0.4, -0.2) is 19.8 Å². The lowest BCUT2D eigenvalue weighted by Crippen LogP contribution is -2.38. The van der Waals surface area contributed by atoms with Crippen molar-refractivity contribution >= 4 is 45.4 Å². The maximum absolute atomic E-state index is 13.3. The predicted molar refractivity (Wildman–Crippen MR) is 141 cm³/mol. The molecule has 0 bridgehead atoms. The first-order chi connectivity index (χ1) is 16.3. The molecular weight excluding hydrogens is 466 g/mol. The second-order valence-electron chi connectivity index (χ2n) is 9.31. The van der Waals surface area contributed by atoms with Gasteiger partial charge in [-0.15, -0.1) is 0 Å². The van der Waals surface area contributed by atoms with Gasteiger partial charge in [0.05, 0.1) is 11.1 Å². The van der Waals surface area contributed by atoms with Gasteiger partial charge in [-0.3, -0.25) is 4.79 Å². The first kappa shape index (κ1) is 23.0. The second kappa shape index (κ2) is 8.78. The van der Waals surface area contributed by atoms with Gasteiger partial charge in [0.25, 0.3) is 11.3 Å². The summed E-state index contributed by atoms with van der Waals surface area (Å²) in [6, 6.07) is 14.1. The number of aryl methyl sites for hydroxylation is 2. The summed E-state index contributed by atoms with van der Waals surface area (Å²) in [5, 5.41) is 12.1. The van der Waals surface area contributed by atoms with E-state index in [-0.39, 0.29) is 27.3 Å². The Hall–Kier alpha value is -2.77. The maximum atomic E-state index is 13.3. The summed E-state index contributed by atoms with van der Waals surface area (Å²) in [6.07, 6.45) is 4.80. The SMILES string of the molecule is CC(CCCc1ccccc1)c1cc2c(cc1O)c1c(c(=O)n2C)CCCC12OC(=S)C(=S)O2. The van der Waals surface area contributed by atoms with Crippen molar-refractivity contribution in [3.63, 3.8) is 0 Å². The number of hydrogen-bond donors (Lipinski definition) is 1. The van der Waals surface area contributed by atoms with Gasteiger partial charge in [-0.2, -0.15) is 0 Å². The predicted octanol–water partition coefficient (Wildman–Crippen LogP) is 5.56. The van der Waals surface area contributed by atoms with Crippen molar-refractivity contribution in [3.8, 4) is 5.75 Å². The number of rotatable bonds is 5. The van der Waals surface area contributed by atoms with Gasteiger partial charge < -0.3 is 19.1 Å². The molecule has 2 aromatic carbocycles. The molecule has 1 aliphatic heterocycles. The number of aromatic hydroxyl groups is 1. The first-order valence-corrected chi connectivity index (χ1v) is 12.5. The molecule has 1 atom stereocenters. The molecule has 1 unspecified atom stereocenters. The third kappa shape index (κ3) is 3.81. The lowest BCUT2D eigenvalue weighted by Gasteiger charge is -2.34. The van der Waals surface area contributed by atoms with E-state index in [0.717, 1.165) is 42.1 Å². The molecule has 1 spiro atoms. The number of benzene rings is 2. The Labute approximate surface area is 209 Å². The van der Waals surface area contributed by atoms with Crippen LogP contribution in [0.5, 0.6) is 5.75 Å². The van der Waals surface area contributed by atoms with Crippen molar-refractivity contribution in [2.75, 3.05) is 0 Å². The highest BCUT2D eigenvalue weighted by molar-refractivity contribution is 7.88. The quantitative estimate of drug-likeness (QED) is 0.470. The Morgan fingerprint density at radius 1 is 1.15 bits per heavy atom. The molecule has 5 nitrogen and oxygen atoms in total. The van der Waals surface area contributed by atoms with E-state index in [1.54, 1.807) is 17.7 Å². The molecule has 34 heavy (non-hydrogen) atoms. The van der Waals surface area contributed by atoms with Crippen LogP contribution in [0.3, 0.4) is 0 Å². The molecule has 2 aliphatic rings. The number of phenols is 1. The molecule has 7 heteroatoms. The standard InChI is InChI=1S/C27H27NO4S2/c1-16(8-6-11-17-9-4-3-5-10-17)19-14-21-20(15-22(19)29)23-18(24(30)28(21)2)12-7-13-27(23)31-25(33)26(34)32-27/h3-5,9-10,14-16,29H,6-8,11-13H2,1-2H3. The van der Waals surface area contributed by atoms with Crippen LogP contribution in [0, 0.1) is 0 Å². The monoisotopic (exact) mass is 493 g/mol. The highest BCUT2D eigenvalue weighted by Crippen LogP contribution is 2.47. The zero-order chi connectivity index (χ0) is 24.0. The number of aromatic nitrogens is 1. The van der Waals surface area contributed by atoms with E-state index in [0.29, 0.717) is 24.0 Å². The number of thiocarbonyl (C=S) groups is 2. The Balaban J connectivity index is 1.55. The number of fused-ring (bicyclic) bond motifs is 4. The normalized spacial score (nSPS) is 17.5. The van der Waals surface area contributed by atoms with Gasteiger partial charge in [-0.25, -0.2) is 0 Å². The van der Waals surface area contributed by atoms with E-state index < -0.39 is 5.79 Å². The van der Waals surface area contributed by atoms with Crippen LogP contribution >= 0.6 is 24.4 Å². The maximum Gasteiger partial charge on any atom is 0.281 e. The molecule has 1 N–H and O–H groups in total. The number of ether oxygens (including phenoxy) is 2. The number of phenolic OH excluding ortho intramolecular Hbond substituents is 1. The van der Waals surface area contributed by atoms with Crippen molar-refractivity contribution in [3.05, 3.63) is 75.1 Å². The minimum absolute atomic E-state index is 0.0779. The van der Waals surface area contributed by atoms with Gasteiger partial charge in [0.15, 0.2) is 0 Å². The van der Waals surface area contributed by atoms with Crippen molar-refractivity contribution in [1.82, 2.24) is 4.57 Å². The molecular formula is C27H27NO4S2. The fourth-order valence-corrected chi connectivity index (χ4v) is 5.71. The van der Waals surface area contributed by atoms with Crippen LogP contribution < -0.4 is 5.56 Å². The average Bonchev–Trinajstić information content (AvgIpc) is 3.10. The van der Waals surface area contributed by atoms with Gasteiger partial charge in [0.1, 0.15) is 5.75 Å². The number of hydrogen-bond acceptors (Lipinski definition) is 6. The van der Waals surface area contributed by atoms with E-state index in [1.165, 1.54) is 5.56 Å². The fraction of sp³-hybridized carbons (Fsp3) is 0.370. The molecule has 1 saturated heterocycles. The third-order valence-corrected chi connectivity index (χ3v) is 7.78. The number of nitrogens with zero attached hydrogens (tertiary/aromatic N) is 1. The van der Waals surface area contributed by atoms with Gasteiger partial charge in [-0.1, -0.05) is 37.3 Å². The minimum atomic E-state index is -1.19. The summed E-state index contributed by atoms with van der Waals surface area (Å²) in [4.78, 5) is 13.3. The molecule has 1 aromatic heterocycles. The molecule has 0 saturated carbocycles. The minimum Gasteiger partial charge on any atom is -0.508 e. The molecule has 3 aromatic rings. The Kier molecular flexibility index (Phi) is 5.94. The van der Waals surface area contributed by atoms with Gasteiger partial charge in [-0.05, 0) is 85.7 Å². The molecule has 0 radical (unpaired) electrons. The topological polar surface area (TPSA) is 60.7 Å². The Morgan fingerprint density at radius 2 is 1.85 bits per heavy atom. The van der Waals surface area contributed by atoms with E-state index in [4.69, 9.17) is 33.9 Å². The Bertz CT molecular complexity index is 1350. The lowest BCUT2D eigenvalue weighted by molar-refractivity contribution is -0.122. The van der Waals surface area contributed by atoms with E-state index in [1.807, 2.05) is 12.1 Å². The summed E-state index contributed by atoms with van der Waals surface area (Å²) in [7, 11) is 1.78. The smallest absolute Gasteiger partial charge is 0.281 e. The van der Waals surface area contributed by atoms with Gasteiger partial charge in [0.2, 0.25) is 10.1 Å². The van der Waals surface area contributed by atoms with Crippen molar-refractivity contribution in [1.29, 1.82) is 0 Å². The molecule has 5 rings (SSSR count). The van der Waals surface area contributed by atoms with E-state index >= 15 is 0 Å². The lowest BCUT2D eigenvalue weighted by atomic mass is 9.83. The highest BCUT2D eigenvalue weighted by Gasteiger charge is 2.50. The molecule has 2 heterocycles. The van der Waals surface area contributed by atoms with Crippen molar-refractivity contribution in [2.45, 2.75) is 57.2 Å². The zero-order valence-corrected chi connectivity index (χ0v) is 20.9. The average molecular weight is 494 g/mol. The first-order valence-electron chi connectivity index (χ1n) is 11.7. The zero-order valence-electron chi connectivity index (χ0n) is 19.3. The fourth-order valence-electron chi connectivity index (χ4n) is 5.36. The summed E-state index contributed by atoms with van der Waals surface area (Å²) in [5.74, 6) is -0.848. The molecule has 176 valence electrons. The van der Waals surface area contributed by atoms with Crippen LogP contribution in [-0.2, 0) is 35.2 Å². The third-order valence-electron chi connectivity index (χ3n) is 7.11. The van der Waals surface area contributed by atoms with E-state index in [9.17, 15) is 9.90 Å².